The number of nitrogens with zero attached hydrogens (tertiary/aromatic N) is 3. The van der Waals surface area contributed by atoms with Crippen molar-refractivity contribution in [2.45, 2.75) is 46.1 Å². The van der Waals surface area contributed by atoms with E-state index in [0.717, 1.165) is 19.4 Å². The molecule has 0 radical (unpaired) electrons. The summed E-state index contributed by atoms with van der Waals surface area (Å²) in [6.45, 7) is 8.63. The monoisotopic (exact) mass is 281 g/mol. The first-order chi connectivity index (χ1) is 9.60. The average molecular weight is 281 g/mol. The van der Waals surface area contributed by atoms with E-state index in [1.54, 1.807) is 0 Å². The maximum absolute atomic E-state index is 11.8. The molecule has 0 spiro atoms. The molecule has 0 aromatic carbocycles. The quantitative estimate of drug-likeness (QED) is 0.769. The van der Waals surface area contributed by atoms with Crippen LogP contribution in [0.5, 0.6) is 0 Å². The molecular formula is C14H23N3O3. The van der Waals surface area contributed by atoms with Crippen LogP contribution in [-0.4, -0.2) is 40.7 Å². The lowest BCUT2D eigenvalue weighted by atomic mass is 9.98. The zero-order chi connectivity index (χ0) is 14.5. The number of hydrogen-bond acceptors (Lipinski definition) is 6. The Morgan fingerprint density at radius 1 is 1.55 bits per heavy atom. The third-order valence-corrected chi connectivity index (χ3v) is 3.47. The van der Waals surface area contributed by atoms with Gasteiger partial charge in [-0.15, -0.1) is 0 Å². The Hall–Kier alpha value is -1.43. The highest BCUT2D eigenvalue weighted by molar-refractivity contribution is 5.72. The second-order valence-electron chi connectivity index (χ2n) is 5.53. The van der Waals surface area contributed by atoms with Gasteiger partial charge in [-0.25, -0.2) is 0 Å². The molecule has 1 fully saturated rings. The number of rotatable bonds is 5. The van der Waals surface area contributed by atoms with E-state index in [2.05, 4.69) is 15.0 Å². The molecule has 1 aromatic rings. The summed E-state index contributed by atoms with van der Waals surface area (Å²) in [5, 5.41) is 3.99. The molecule has 1 aliphatic heterocycles. The molecule has 20 heavy (non-hydrogen) atoms. The van der Waals surface area contributed by atoms with E-state index in [9.17, 15) is 4.79 Å². The van der Waals surface area contributed by atoms with Crippen molar-refractivity contribution in [1.82, 2.24) is 15.0 Å². The summed E-state index contributed by atoms with van der Waals surface area (Å²) in [5.74, 6) is 1.48. The number of esters is 1. The maximum Gasteiger partial charge on any atom is 0.310 e. The average Bonchev–Trinajstić information content (AvgIpc) is 2.88. The smallest absolute Gasteiger partial charge is 0.310 e. The summed E-state index contributed by atoms with van der Waals surface area (Å²) in [5.41, 5.74) is 0. The highest BCUT2D eigenvalue weighted by Gasteiger charge is 2.27. The lowest BCUT2D eigenvalue weighted by Crippen LogP contribution is -2.39. The highest BCUT2D eigenvalue weighted by Crippen LogP contribution is 2.20. The van der Waals surface area contributed by atoms with E-state index >= 15 is 0 Å². The van der Waals surface area contributed by atoms with E-state index in [0.29, 0.717) is 31.4 Å². The van der Waals surface area contributed by atoms with Gasteiger partial charge < -0.3 is 9.26 Å². The minimum Gasteiger partial charge on any atom is -0.466 e. The van der Waals surface area contributed by atoms with Crippen LogP contribution in [0.3, 0.4) is 0 Å². The van der Waals surface area contributed by atoms with Gasteiger partial charge in [0, 0.05) is 12.5 Å². The molecule has 2 heterocycles. The fraction of sp³-hybridized carbons (Fsp3) is 0.786. The molecule has 6 heteroatoms. The van der Waals surface area contributed by atoms with Gasteiger partial charge in [0.25, 0.3) is 0 Å². The molecule has 6 nitrogen and oxygen atoms in total. The fourth-order valence-electron chi connectivity index (χ4n) is 2.42. The summed E-state index contributed by atoms with van der Waals surface area (Å²) < 4.78 is 10.3. The first kappa shape index (κ1) is 15.0. The Labute approximate surface area is 119 Å². The second kappa shape index (κ2) is 6.83. The molecule has 1 saturated heterocycles. The van der Waals surface area contributed by atoms with Gasteiger partial charge in [-0.3, -0.25) is 9.69 Å². The van der Waals surface area contributed by atoms with Crippen LogP contribution in [0, 0.1) is 5.92 Å². The number of piperidine rings is 1. The number of aromatic nitrogens is 2. The predicted octanol–water partition coefficient (Wildman–Crippen LogP) is 1.97. The molecule has 0 amide bonds. The zero-order valence-corrected chi connectivity index (χ0v) is 12.5. The van der Waals surface area contributed by atoms with Crippen molar-refractivity contribution in [3.63, 3.8) is 0 Å². The number of carbonyl (C=O) groups is 1. The van der Waals surface area contributed by atoms with Gasteiger partial charge >= 0.3 is 5.97 Å². The van der Waals surface area contributed by atoms with E-state index in [-0.39, 0.29) is 17.8 Å². The first-order valence-electron chi connectivity index (χ1n) is 7.31. The summed E-state index contributed by atoms with van der Waals surface area (Å²) in [4.78, 5) is 18.4. The standard InChI is InChI=1S/C14H23N3O3/c1-4-19-14(18)11-6-5-7-17(8-11)9-12-15-13(10(2)3)20-16-12/h10-11H,4-9H2,1-3H3/t11-/m0/s1. The predicted molar refractivity (Wildman–Crippen MR) is 73.0 cm³/mol. The maximum atomic E-state index is 11.8. The molecule has 1 aromatic heterocycles. The fourth-order valence-corrected chi connectivity index (χ4v) is 2.42. The molecular weight excluding hydrogens is 258 g/mol. The van der Waals surface area contributed by atoms with Gasteiger partial charge in [0.15, 0.2) is 5.82 Å². The van der Waals surface area contributed by atoms with E-state index < -0.39 is 0 Å². The molecule has 0 saturated carbocycles. The molecule has 2 rings (SSSR count). The first-order valence-corrected chi connectivity index (χ1v) is 7.31. The van der Waals surface area contributed by atoms with Crippen LogP contribution in [0.2, 0.25) is 0 Å². The third kappa shape index (κ3) is 3.79. The normalized spacial score (nSPS) is 20.3. The third-order valence-electron chi connectivity index (χ3n) is 3.47. The number of hydrogen-bond donors (Lipinski definition) is 0. The van der Waals surface area contributed by atoms with Crippen molar-refractivity contribution in [3.05, 3.63) is 11.7 Å². The Bertz CT molecular complexity index is 445. The van der Waals surface area contributed by atoms with E-state index in [4.69, 9.17) is 9.26 Å². The van der Waals surface area contributed by atoms with Crippen molar-refractivity contribution in [2.24, 2.45) is 5.92 Å². The molecule has 0 N–H and O–H groups in total. The minimum absolute atomic E-state index is 0.0276. The van der Waals surface area contributed by atoms with Gasteiger partial charge in [-0.1, -0.05) is 19.0 Å². The number of carbonyl (C=O) groups excluding carboxylic acids is 1. The van der Waals surface area contributed by atoms with Crippen LogP contribution < -0.4 is 0 Å². The van der Waals surface area contributed by atoms with Crippen molar-refractivity contribution >= 4 is 5.97 Å². The number of ether oxygens (including phenoxy) is 1. The lowest BCUT2D eigenvalue weighted by Gasteiger charge is -2.30. The Kier molecular flexibility index (Phi) is 5.11. The largest absolute Gasteiger partial charge is 0.466 e. The second-order valence-corrected chi connectivity index (χ2v) is 5.53. The number of likely N-dealkylation sites (tertiary alicyclic amines) is 1. The Morgan fingerprint density at radius 2 is 2.35 bits per heavy atom. The lowest BCUT2D eigenvalue weighted by molar-refractivity contribution is -0.150. The van der Waals surface area contributed by atoms with Gasteiger partial charge in [0.2, 0.25) is 5.89 Å². The molecule has 112 valence electrons. The van der Waals surface area contributed by atoms with Crippen LogP contribution in [-0.2, 0) is 16.1 Å². The Balaban J connectivity index is 1.90. The van der Waals surface area contributed by atoms with Crippen molar-refractivity contribution in [1.29, 1.82) is 0 Å². The minimum atomic E-state index is -0.0896. The highest BCUT2D eigenvalue weighted by atomic mass is 16.5. The van der Waals surface area contributed by atoms with Crippen LogP contribution in [0.4, 0.5) is 0 Å². The van der Waals surface area contributed by atoms with Crippen molar-refractivity contribution in [2.75, 3.05) is 19.7 Å². The molecule has 0 aliphatic carbocycles. The molecule has 1 atom stereocenters. The van der Waals surface area contributed by atoms with Gasteiger partial charge in [-0.2, -0.15) is 4.98 Å². The van der Waals surface area contributed by atoms with Gasteiger partial charge in [0.1, 0.15) is 0 Å². The summed E-state index contributed by atoms with van der Waals surface area (Å²) in [7, 11) is 0. The summed E-state index contributed by atoms with van der Waals surface area (Å²) in [6.07, 6.45) is 1.90. The van der Waals surface area contributed by atoms with Crippen LogP contribution in [0.15, 0.2) is 4.52 Å². The molecule has 0 unspecified atom stereocenters. The van der Waals surface area contributed by atoms with Gasteiger partial charge in [0.05, 0.1) is 19.1 Å². The van der Waals surface area contributed by atoms with Crippen LogP contribution >= 0.6 is 0 Å². The summed E-state index contributed by atoms with van der Waals surface area (Å²) in [6, 6.07) is 0. The van der Waals surface area contributed by atoms with Crippen LogP contribution in [0.25, 0.3) is 0 Å². The van der Waals surface area contributed by atoms with Crippen molar-refractivity contribution < 1.29 is 14.1 Å². The topological polar surface area (TPSA) is 68.5 Å². The molecule has 1 aliphatic rings. The Morgan fingerprint density at radius 3 is 3.00 bits per heavy atom. The summed E-state index contributed by atoms with van der Waals surface area (Å²) >= 11 is 0. The van der Waals surface area contributed by atoms with Gasteiger partial charge in [-0.05, 0) is 26.3 Å². The van der Waals surface area contributed by atoms with E-state index in [1.165, 1.54) is 0 Å². The van der Waals surface area contributed by atoms with Crippen molar-refractivity contribution in [3.8, 4) is 0 Å². The van der Waals surface area contributed by atoms with Crippen LogP contribution in [0.1, 0.15) is 51.2 Å². The molecule has 0 bridgehead atoms. The zero-order valence-electron chi connectivity index (χ0n) is 12.5. The SMILES string of the molecule is CCOC(=O)[C@H]1CCCN(Cc2noc(C(C)C)n2)C1. The van der Waals surface area contributed by atoms with E-state index in [1.807, 2.05) is 20.8 Å².